The minimum absolute atomic E-state index is 0.562. The maximum atomic E-state index is 6.14. The average Bonchev–Trinajstić information content (AvgIpc) is 2.76. The maximum absolute atomic E-state index is 6.14. The number of rotatable bonds is 5. The van der Waals surface area contributed by atoms with Crippen molar-refractivity contribution in [3.63, 3.8) is 0 Å². The highest BCUT2D eigenvalue weighted by Gasteiger charge is 2.06. The summed E-state index contributed by atoms with van der Waals surface area (Å²) in [5.41, 5.74) is 0.813. The molecule has 0 aromatic carbocycles. The quantitative estimate of drug-likeness (QED) is 0.912. The molecule has 4 nitrogen and oxygen atoms in total. The van der Waals surface area contributed by atoms with Crippen LogP contribution in [0.1, 0.15) is 19.0 Å². The molecule has 18 heavy (non-hydrogen) atoms. The predicted molar refractivity (Wildman–Crippen MR) is 77.1 cm³/mol. The van der Waals surface area contributed by atoms with Crippen LogP contribution in [0.15, 0.2) is 29.0 Å². The zero-order valence-corrected chi connectivity index (χ0v) is 12.4. The van der Waals surface area contributed by atoms with Crippen molar-refractivity contribution in [2.24, 2.45) is 0 Å². The summed E-state index contributed by atoms with van der Waals surface area (Å²) in [5, 5.41) is 8.10. The lowest BCUT2D eigenvalue weighted by Gasteiger charge is -2.08. The van der Waals surface area contributed by atoms with E-state index < -0.39 is 0 Å². The van der Waals surface area contributed by atoms with Gasteiger partial charge in [0.15, 0.2) is 0 Å². The van der Waals surface area contributed by atoms with Gasteiger partial charge in [0.2, 0.25) is 0 Å². The Morgan fingerprint density at radius 2 is 2.28 bits per heavy atom. The van der Waals surface area contributed by atoms with Crippen molar-refractivity contribution in [1.82, 2.24) is 14.8 Å². The van der Waals surface area contributed by atoms with Crippen LogP contribution in [0.25, 0.3) is 0 Å². The normalized spacial score (nSPS) is 10.6. The summed E-state index contributed by atoms with van der Waals surface area (Å²) >= 11 is 9.51. The summed E-state index contributed by atoms with van der Waals surface area (Å²) in [5.74, 6) is 0.850. The molecule has 0 radical (unpaired) electrons. The Morgan fingerprint density at radius 3 is 2.94 bits per heavy atom. The second-order valence-electron chi connectivity index (χ2n) is 3.91. The zero-order chi connectivity index (χ0) is 13.0. The highest BCUT2D eigenvalue weighted by Crippen LogP contribution is 2.18. The molecule has 0 aliphatic carbocycles. The van der Waals surface area contributed by atoms with Gasteiger partial charge in [0.1, 0.15) is 5.82 Å². The Hall–Kier alpha value is -1.07. The molecule has 6 heteroatoms. The summed E-state index contributed by atoms with van der Waals surface area (Å²) in [6.45, 7) is 3.58. The van der Waals surface area contributed by atoms with Crippen molar-refractivity contribution < 1.29 is 0 Å². The van der Waals surface area contributed by atoms with Gasteiger partial charge in [0.25, 0.3) is 0 Å². The van der Waals surface area contributed by atoms with E-state index in [1.807, 2.05) is 18.3 Å². The van der Waals surface area contributed by atoms with Gasteiger partial charge in [-0.15, -0.1) is 0 Å². The van der Waals surface area contributed by atoms with Gasteiger partial charge in [-0.2, -0.15) is 5.10 Å². The molecule has 0 amide bonds. The Balaban J connectivity index is 2.15. The molecule has 2 heterocycles. The van der Waals surface area contributed by atoms with Crippen LogP contribution in [0, 0.1) is 0 Å². The van der Waals surface area contributed by atoms with Crippen molar-refractivity contribution >= 4 is 33.3 Å². The van der Waals surface area contributed by atoms with Crippen LogP contribution in [0.3, 0.4) is 0 Å². The Kier molecular flexibility index (Phi) is 4.60. The fraction of sp³-hybridized carbons (Fsp3) is 0.333. The van der Waals surface area contributed by atoms with Crippen LogP contribution >= 0.6 is 27.5 Å². The van der Waals surface area contributed by atoms with Gasteiger partial charge >= 0.3 is 0 Å². The third-order valence-corrected chi connectivity index (χ3v) is 3.14. The van der Waals surface area contributed by atoms with Gasteiger partial charge in [-0.25, -0.2) is 4.98 Å². The van der Waals surface area contributed by atoms with Gasteiger partial charge in [0.05, 0.1) is 27.9 Å². The summed E-state index contributed by atoms with van der Waals surface area (Å²) in [6, 6.07) is 3.75. The van der Waals surface area contributed by atoms with E-state index in [2.05, 4.69) is 38.3 Å². The van der Waals surface area contributed by atoms with Crippen LogP contribution < -0.4 is 5.32 Å². The number of aromatic nitrogens is 3. The summed E-state index contributed by atoms with van der Waals surface area (Å²) < 4.78 is 2.74. The Morgan fingerprint density at radius 1 is 1.44 bits per heavy atom. The standard InChI is InChI=1S/C12H14BrClN4/c1-2-5-15-12-4-3-10(14)11(17-12)8-18-7-9(13)6-16-18/h3-4,6-7H,2,5,8H2,1H3,(H,15,17). The molecule has 2 rings (SSSR count). The minimum Gasteiger partial charge on any atom is -0.370 e. The number of halogens is 2. The number of anilines is 1. The van der Waals surface area contributed by atoms with E-state index in [1.54, 1.807) is 10.9 Å². The van der Waals surface area contributed by atoms with E-state index in [-0.39, 0.29) is 0 Å². The molecule has 2 aromatic heterocycles. The van der Waals surface area contributed by atoms with Crippen LogP contribution in [-0.2, 0) is 6.54 Å². The topological polar surface area (TPSA) is 42.7 Å². The third kappa shape index (κ3) is 3.46. The van der Waals surface area contributed by atoms with E-state index in [0.717, 1.165) is 29.0 Å². The van der Waals surface area contributed by atoms with E-state index in [1.165, 1.54) is 0 Å². The lowest BCUT2D eigenvalue weighted by molar-refractivity contribution is 0.673. The van der Waals surface area contributed by atoms with Crippen LogP contribution in [-0.4, -0.2) is 21.3 Å². The van der Waals surface area contributed by atoms with Crippen molar-refractivity contribution in [3.8, 4) is 0 Å². The second-order valence-corrected chi connectivity index (χ2v) is 5.23. The van der Waals surface area contributed by atoms with Gasteiger partial charge in [-0.3, -0.25) is 4.68 Å². The minimum atomic E-state index is 0.562. The molecule has 0 unspecified atom stereocenters. The lowest BCUT2D eigenvalue weighted by Crippen LogP contribution is -2.07. The van der Waals surface area contributed by atoms with E-state index in [9.17, 15) is 0 Å². The highest BCUT2D eigenvalue weighted by atomic mass is 79.9. The van der Waals surface area contributed by atoms with Crippen molar-refractivity contribution in [2.75, 3.05) is 11.9 Å². The van der Waals surface area contributed by atoms with E-state index in [0.29, 0.717) is 11.6 Å². The monoisotopic (exact) mass is 328 g/mol. The Labute approximate surface area is 119 Å². The molecule has 2 aromatic rings. The van der Waals surface area contributed by atoms with Gasteiger partial charge < -0.3 is 5.32 Å². The van der Waals surface area contributed by atoms with Crippen LogP contribution in [0.2, 0.25) is 5.02 Å². The molecule has 0 aliphatic heterocycles. The molecule has 96 valence electrons. The lowest BCUT2D eigenvalue weighted by atomic mass is 10.3. The number of nitrogens with zero attached hydrogens (tertiary/aromatic N) is 3. The zero-order valence-electron chi connectivity index (χ0n) is 10.0. The molecule has 0 spiro atoms. The molecule has 0 aliphatic rings. The first-order valence-corrected chi connectivity index (χ1v) is 6.93. The molecule has 0 saturated heterocycles. The number of nitrogens with one attached hydrogen (secondary N) is 1. The number of hydrogen-bond donors (Lipinski definition) is 1. The fourth-order valence-corrected chi connectivity index (χ4v) is 2.02. The van der Waals surface area contributed by atoms with E-state index in [4.69, 9.17) is 11.6 Å². The smallest absolute Gasteiger partial charge is 0.126 e. The first-order valence-electron chi connectivity index (χ1n) is 5.76. The molecule has 0 saturated carbocycles. The van der Waals surface area contributed by atoms with Gasteiger partial charge in [-0.1, -0.05) is 18.5 Å². The number of pyridine rings is 1. The van der Waals surface area contributed by atoms with Crippen LogP contribution in [0.5, 0.6) is 0 Å². The summed E-state index contributed by atoms with van der Waals surface area (Å²) in [6.07, 6.45) is 4.70. The molecule has 0 fully saturated rings. The largest absolute Gasteiger partial charge is 0.370 e. The summed E-state index contributed by atoms with van der Waals surface area (Å²) in [7, 11) is 0. The van der Waals surface area contributed by atoms with E-state index >= 15 is 0 Å². The predicted octanol–water partition coefficient (Wildman–Crippen LogP) is 3.56. The fourth-order valence-electron chi connectivity index (χ4n) is 1.53. The maximum Gasteiger partial charge on any atom is 0.126 e. The number of hydrogen-bond acceptors (Lipinski definition) is 3. The Bertz CT molecular complexity index is 527. The van der Waals surface area contributed by atoms with Crippen molar-refractivity contribution in [2.45, 2.75) is 19.9 Å². The van der Waals surface area contributed by atoms with Gasteiger partial charge in [0, 0.05) is 12.7 Å². The molecule has 0 atom stereocenters. The van der Waals surface area contributed by atoms with Crippen molar-refractivity contribution in [1.29, 1.82) is 0 Å². The van der Waals surface area contributed by atoms with Gasteiger partial charge in [-0.05, 0) is 34.5 Å². The third-order valence-electron chi connectivity index (χ3n) is 2.39. The average molecular weight is 330 g/mol. The molecular weight excluding hydrogens is 316 g/mol. The second kappa shape index (κ2) is 6.20. The molecule has 1 N–H and O–H groups in total. The first kappa shape index (κ1) is 13.4. The first-order chi connectivity index (χ1) is 8.69. The van der Waals surface area contributed by atoms with Crippen molar-refractivity contribution in [3.05, 3.63) is 39.7 Å². The SMILES string of the molecule is CCCNc1ccc(Cl)c(Cn2cc(Br)cn2)n1. The van der Waals surface area contributed by atoms with Crippen LogP contribution in [0.4, 0.5) is 5.82 Å². The summed E-state index contributed by atoms with van der Waals surface area (Å²) in [4.78, 5) is 4.50. The molecule has 0 bridgehead atoms. The molecular formula is C12H14BrClN4. The highest BCUT2D eigenvalue weighted by molar-refractivity contribution is 9.10.